The molecular weight excluding hydrogens is 318 g/mol. The lowest BCUT2D eigenvalue weighted by molar-refractivity contribution is 0.103. The molecule has 2 aromatic rings. The second-order valence-corrected chi connectivity index (χ2v) is 7.49. The van der Waals surface area contributed by atoms with Crippen LogP contribution in [0.3, 0.4) is 0 Å². The molecule has 1 aliphatic carbocycles. The first kappa shape index (κ1) is 16.6. The lowest BCUT2D eigenvalue weighted by Gasteiger charge is -2.23. The molecule has 0 spiro atoms. The van der Waals surface area contributed by atoms with Gasteiger partial charge in [0.2, 0.25) is 0 Å². The highest BCUT2D eigenvalue weighted by Gasteiger charge is 2.37. The van der Waals surface area contributed by atoms with Gasteiger partial charge in [-0.3, -0.25) is 4.79 Å². The predicted octanol–water partition coefficient (Wildman–Crippen LogP) is 5.22. The Balaban J connectivity index is 1.57. The minimum absolute atomic E-state index is 0.0256. The number of hydrogen-bond acceptors (Lipinski definition) is 2. The van der Waals surface area contributed by atoms with Crippen molar-refractivity contribution in [3.8, 4) is 0 Å². The van der Waals surface area contributed by atoms with E-state index in [1.807, 2.05) is 42.5 Å². The van der Waals surface area contributed by atoms with Gasteiger partial charge in [0, 0.05) is 41.4 Å². The van der Waals surface area contributed by atoms with Crippen molar-refractivity contribution in [1.29, 1.82) is 0 Å². The number of allylic oxidation sites excluding steroid dienone is 6. The SMILES string of the molecule is CN1/C(=C/C=C/C=C2\Cc3ccccc3C2=O)C(C)(C)c2ccccc21. The van der Waals surface area contributed by atoms with Gasteiger partial charge in [0.05, 0.1) is 0 Å². The molecule has 0 unspecified atom stereocenters. The summed E-state index contributed by atoms with van der Waals surface area (Å²) in [7, 11) is 2.11. The third-order valence-corrected chi connectivity index (χ3v) is 5.54. The lowest BCUT2D eigenvalue weighted by Crippen LogP contribution is -2.22. The maximum atomic E-state index is 12.4. The number of rotatable bonds is 2. The van der Waals surface area contributed by atoms with Gasteiger partial charge in [-0.15, -0.1) is 0 Å². The summed E-state index contributed by atoms with van der Waals surface area (Å²) in [6, 6.07) is 16.4. The van der Waals surface area contributed by atoms with Crippen molar-refractivity contribution in [3.63, 3.8) is 0 Å². The first-order valence-corrected chi connectivity index (χ1v) is 9.04. The Morgan fingerprint density at radius 3 is 2.42 bits per heavy atom. The highest BCUT2D eigenvalue weighted by Crippen LogP contribution is 2.46. The molecule has 0 atom stereocenters. The summed E-state index contributed by atoms with van der Waals surface area (Å²) in [6.07, 6.45) is 8.87. The molecule has 2 aliphatic rings. The van der Waals surface area contributed by atoms with Gasteiger partial charge in [0.15, 0.2) is 5.78 Å². The molecule has 0 aromatic heterocycles. The van der Waals surface area contributed by atoms with E-state index in [4.69, 9.17) is 0 Å². The molecule has 0 saturated carbocycles. The van der Waals surface area contributed by atoms with Crippen molar-refractivity contribution in [1.82, 2.24) is 0 Å². The van der Waals surface area contributed by atoms with Crippen LogP contribution in [0.2, 0.25) is 0 Å². The molecule has 2 heteroatoms. The van der Waals surface area contributed by atoms with Crippen molar-refractivity contribution in [2.75, 3.05) is 11.9 Å². The number of fused-ring (bicyclic) bond motifs is 2. The van der Waals surface area contributed by atoms with Crippen molar-refractivity contribution in [3.05, 3.63) is 101 Å². The third kappa shape index (κ3) is 2.53. The molecule has 0 bridgehead atoms. The van der Waals surface area contributed by atoms with E-state index in [0.29, 0.717) is 0 Å². The smallest absolute Gasteiger partial charge is 0.189 e. The zero-order valence-electron chi connectivity index (χ0n) is 15.5. The molecule has 0 amide bonds. The summed E-state index contributed by atoms with van der Waals surface area (Å²) >= 11 is 0. The largest absolute Gasteiger partial charge is 0.347 e. The van der Waals surface area contributed by atoms with Gasteiger partial charge >= 0.3 is 0 Å². The fraction of sp³-hybridized carbons (Fsp3) is 0.208. The number of ketones is 1. The zero-order chi connectivity index (χ0) is 18.3. The summed E-state index contributed by atoms with van der Waals surface area (Å²) in [5, 5.41) is 0. The quantitative estimate of drug-likeness (QED) is 0.698. The minimum atomic E-state index is -0.0256. The number of carbonyl (C=O) groups is 1. The van der Waals surface area contributed by atoms with Gasteiger partial charge in [-0.05, 0) is 23.3 Å². The maximum absolute atomic E-state index is 12.4. The molecule has 2 aromatic carbocycles. The molecule has 4 rings (SSSR count). The first-order chi connectivity index (χ1) is 12.5. The van der Waals surface area contributed by atoms with Crippen LogP contribution in [0.1, 0.15) is 35.3 Å². The lowest BCUT2D eigenvalue weighted by atomic mass is 9.84. The standard InChI is InChI=1S/C24H23NO/c1-24(2)20-13-7-8-14-21(20)25(3)22(24)15-9-5-11-18-16-17-10-4-6-12-19(17)23(18)26/h4-15H,16H2,1-3H3/b9-5+,18-11+,22-15+. The van der Waals surface area contributed by atoms with Crippen LogP contribution in [0.25, 0.3) is 0 Å². The van der Waals surface area contributed by atoms with E-state index in [-0.39, 0.29) is 11.2 Å². The molecule has 0 radical (unpaired) electrons. The van der Waals surface area contributed by atoms with Gasteiger partial charge < -0.3 is 4.90 Å². The molecule has 130 valence electrons. The molecule has 0 fully saturated rings. The third-order valence-electron chi connectivity index (χ3n) is 5.54. The van der Waals surface area contributed by atoms with Crippen molar-refractivity contribution < 1.29 is 4.79 Å². The fourth-order valence-electron chi connectivity index (χ4n) is 4.11. The Morgan fingerprint density at radius 1 is 0.962 bits per heavy atom. The molecule has 1 aliphatic heterocycles. The number of anilines is 1. The zero-order valence-corrected chi connectivity index (χ0v) is 15.5. The first-order valence-electron chi connectivity index (χ1n) is 9.04. The van der Waals surface area contributed by atoms with Crippen molar-refractivity contribution in [2.24, 2.45) is 0 Å². The summed E-state index contributed by atoms with van der Waals surface area (Å²) in [4.78, 5) is 14.7. The highest BCUT2D eigenvalue weighted by atomic mass is 16.1. The van der Waals surface area contributed by atoms with Crippen molar-refractivity contribution in [2.45, 2.75) is 25.7 Å². The topological polar surface area (TPSA) is 20.3 Å². The predicted molar refractivity (Wildman–Crippen MR) is 108 cm³/mol. The van der Waals surface area contributed by atoms with Crippen LogP contribution in [-0.4, -0.2) is 12.8 Å². The van der Waals surface area contributed by atoms with E-state index in [0.717, 1.165) is 23.1 Å². The summed E-state index contributed by atoms with van der Waals surface area (Å²) in [6.45, 7) is 4.51. The summed E-state index contributed by atoms with van der Waals surface area (Å²) < 4.78 is 0. The molecule has 0 saturated heterocycles. The normalized spacial score (nSPS) is 21.0. The Morgan fingerprint density at radius 2 is 1.65 bits per heavy atom. The number of nitrogens with zero attached hydrogens (tertiary/aromatic N) is 1. The molecule has 1 heterocycles. The van der Waals surface area contributed by atoms with Crippen LogP contribution in [0.5, 0.6) is 0 Å². The van der Waals surface area contributed by atoms with Crippen LogP contribution in [0.15, 0.2) is 84.1 Å². The van der Waals surface area contributed by atoms with Gasteiger partial charge in [-0.1, -0.05) is 74.5 Å². The summed E-state index contributed by atoms with van der Waals surface area (Å²) in [5.74, 6) is 0.156. The number of hydrogen-bond donors (Lipinski definition) is 0. The second-order valence-electron chi connectivity index (χ2n) is 7.49. The van der Waals surface area contributed by atoms with Crippen LogP contribution in [-0.2, 0) is 11.8 Å². The monoisotopic (exact) mass is 341 g/mol. The number of carbonyl (C=O) groups excluding carboxylic acids is 1. The maximum Gasteiger partial charge on any atom is 0.189 e. The van der Waals surface area contributed by atoms with Gasteiger partial charge in [0.1, 0.15) is 0 Å². The number of likely N-dealkylation sites (N-methyl/N-ethyl adjacent to an activating group) is 1. The minimum Gasteiger partial charge on any atom is -0.347 e. The van der Waals surface area contributed by atoms with E-state index < -0.39 is 0 Å². The average molecular weight is 341 g/mol. The highest BCUT2D eigenvalue weighted by molar-refractivity contribution is 6.13. The molecular formula is C24H23NO. The van der Waals surface area contributed by atoms with Crippen LogP contribution < -0.4 is 4.90 Å². The fourth-order valence-corrected chi connectivity index (χ4v) is 4.11. The Kier molecular flexibility index (Phi) is 3.91. The van der Waals surface area contributed by atoms with E-state index in [9.17, 15) is 4.79 Å². The van der Waals surface area contributed by atoms with Crippen LogP contribution in [0.4, 0.5) is 5.69 Å². The second kappa shape index (κ2) is 6.14. The van der Waals surface area contributed by atoms with Gasteiger partial charge in [0.25, 0.3) is 0 Å². The Hall–Kier alpha value is -2.87. The van der Waals surface area contributed by atoms with E-state index in [1.54, 1.807) is 0 Å². The molecule has 2 nitrogen and oxygen atoms in total. The number of benzene rings is 2. The summed E-state index contributed by atoms with van der Waals surface area (Å²) in [5.41, 5.74) is 6.68. The van der Waals surface area contributed by atoms with Crippen LogP contribution in [0, 0.1) is 0 Å². The van der Waals surface area contributed by atoms with Gasteiger partial charge in [-0.2, -0.15) is 0 Å². The van der Waals surface area contributed by atoms with Gasteiger partial charge in [-0.25, -0.2) is 0 Å². The number of Topliss-reactive ketones (excluding diaryl/α,β-unsaturated/α-hetero) is 1. The Bertz CT molecular complexity index is 975. The van der Waals surface area contributed by atoms with E-state index in [1.165, 1.54) is 16.9 Å². The molecule has 26 heavy (non-hydrogen) atoms. The average Bonchev–Trinajstić information content (AvgIpc) is 3.06. The molecule has 0 N–H and O–H groups in total. The van der Waals surface area contributed by atoms with Crippen LogP contribution >= 0.6 is 0 Å². The number of para-hydroxylation sites is 1. The van der Waals surface area contributed by atoms with Crippen molar-refractivity contribution >= 4 is 11.5 Å². The van der Waals surface area contributed by atoms with E-state index in [2.05, 4.69) is 56.1 Å². The Labute approximate surface area is 155 Å². The van der Waals surface area contributed by atoms with E-state index >= 15 is 0 Å².